The van der Waals surface area contributed by atoms with Crippen molar-refractivity contribution in [3.63, 3.8) is 0 Å². The molecule has 0 aromatic rings. The van der Waals surface area contributed by atoms with E-state index in [0.717, 1.165) is 0 Å². The highest BCUT2D eigenvalue weighted by molar-refractivity contribution is 7.80. The van der Waals surface area contributed by atoms with E-state index in [1.165, 1.54) is 0 Å². The van der Waals surface area contributed by atoms with Gasteiger partial charge in [0.05, 0.1) is 0 Å². The van der Waals surface area contributed by atoms with E-state index in [9.17, 15) is 21.8 Å². The van der Waals surface area contributed by atoms with E-state index in [1.807, 2.05) is 0 Å². The summed E-state index contributed by atoms with van der Waals surface area (Å²) in [6.45, 7) is 0. The summed E-state index contributed by atoms with van der Waals surface area (Å²) < 4.78 is 67.9. The molecular weight excluding hydrogens is 192 g/mol. The molecule has 0 fully saturated rings. The Bertz CT molecular complexity index is 170. The minimum absolute atomic E-state index is 0.306. The van der Waals surface area contributed by atoms with Crippen molar-refractivity contribution in [3.8, 4) is 0 Å². The van der Waals surface area contributed by atoms with Gasteiger partial charge in [-0.05, 0) is 0 Å². The first-order chi connectivity index (χ1) is 4.75. The van der Waals surface area contributed by atoms with Crippen molar-refractivity contribution >= 4 is 11.1 Å². The Balaban J connectivity index is 4.67. The maximum absolute atomic E-state index is 11.9. The number of hydrogen-bond donors (Lipinski definition) is 1. The van der Waals surface area contributed by atoms with Gasteiger partial charge in [0.15, 0.2) is 0 Å². The van der Waals surface area contributed by atoms with Crippen LogP contribution < -0.4 is 0 Å². The Labute approximate surface area is 61.6 Å². The molecule has 1 N–H and O–H groups in total. The molecule has 0 aliphatic carbocycles. The van der Waals surface area contributed by atoms with Crippen molar-refractivity contribution in [3.05, 3.63) is 0 Å². The maximum atomic E-state index is 11.9. The second kappa shape index (κ2) is 3.03. The summed E-state index contributed by atoms with van der Waals surface area (Å²) in [5.41, 5.74) is 0. The molecule has 1 atom stereocenters. The summed E-state index contributed by atoms with van der Waals surface area (Å²) in [6.07, 6.45) is -4.92. The van der Waals surface area contributed by atoms with E-state index in [-0.39, 0.29) is 0 Å². The number of rotatable bonds is 3. The molecule has 0 radical (unpaired) electrons. The van der Waals surface area contributed by atoms with E-state index >= 15 is 0 Å². The molecule has 0 aromatic heterocycles. The third-order valence-corrected chi connectivity index (χ3v) is 1.49. The fourth-order valence-corrected chi connectivity index (χ4v) is 0.507. The largest absolute Gasteiger partial charge is 0.434 e. The fraction of sp³-hybridized carbons (Fsp3) is 1.00. The normalized spacial score (nSPS) is 16.5. The highest BCUT2D eigenvalue weighted by Gasteiger charge is 2.62. The van der Waals surface area contributed by atoms with E-state index in [1.54, 1.807) is 0 Å². The minimum Gasteiger partial charge on any atom is -0.318 e. The van der Waals surface area contributed by atoms with Gasteiger partial charge in [-0.3, -0.25) is 0 Å². The van der Waals surface area contributed by atoms with Crippen LogP contribution in [-0.4, -0.2) is 27.2 Å². The van der Waals surface area contributed by atoms with Crippen LogP contribution in [0.25, 0.3) is 0 Å². The summed E-state index contributed by atoms with van der Waals surface area (Å²) >= 11 is -3.95. The highest BCUT2D eigenvalue weighted by Crippen LogP contribution is 2.36. The van der Waals surface area contributed by atoms with Crippen LogP contribution in [-0.2, 0) is 15.8 Å². The summed E-state index contributed by atoms with van der Waals surface area (Å²) in [6, 6.07) is 0. The lowest BCUT2D eigenvalue weighted by Gasteiger charge is -2.20. The second-order valence-corrected chi connectivity index (χ2v) is 2.50. The SMILES string of the molecule is COC(F)(F)C(F)(F)S(=O)O. The predicted molar refractivity (Wildman–Crippen MR) is 27.7 cm³/mol. The van der Waals surface area contributed by atoms with Gasteiger partial charge in [-0.25, -0.2) is 4.21 Å². The van der Waals surface area contributed by atoms with Gasteiger partial charge < -0.3 is 9.29 Å². The van der Waals surface area contributed by atoms with Crippen LogP contribution in [0.1, 0.15) is 0 Å². The van der Waals surface area contributed by atoms with Crippen LogP contribution in [0.3, 0.4) is 0 Å². The third kappa shape index (κ3) is 1.88. The Morgan fingerprint density at radius 3 is 1.82 bits per heavy atom. The standard InChI is InChI=1S/C3H4F4O3S/c1-10-2(4,5)3(6,7)11(8)9/h1H3,(H,8,9). The zero-order valence-electron chi connectivity index (χ0n) is 5.18. The number of alkyl halides is 4. The number of hydrogen-bond acceptors (Lipinski definition) is 2. The Kier molecular flexibility index (Phi) is 2.98. The van der Waals surface area contributed by atoms with Crippen LogP contribution in [0.2, 0.25) is 0 Å². The molecule has 0 aromatic carbocycles. The molecule has 8 heteroatoms. The quantitative estimate of drug-likeness (QED) is 0.541. The first kappa shape index (κ1) is 10.8. The topological polar surface area (TPSA) is 46.5 Å². The number of halogens is 4. The molecule has 0 rings (SSSR count). The Hall–Kier alpha value is -0.210. The Morgan fingerprint density at radius 2 is 1.73 bits per heavy atom. The van der Waals surface area contributed by atoms with Gasteiger partial charge in [0, 0.05) is 7.11 Å². The van der Waals surface area contributed by atoms with Gasteiger partial charge in [-0.15, -0.1) is 0 Å². The van der Waals surface area contributed by atoms with Gasteiger partial charge in [0.25, 0.3) is 0 Å². The van der Waals surface area contributed by atoms with Gasteiger partial charge >= 0.3 is 11.4 Å². The molecule has 3 nitrogen and oxygen atoms in total. The summed E-state index contributed by atoms with van der Waals surface area (Å²) in [4.78, 5) is 0. The smallest absolute Gasteiger partial charge is 0.318 e. The van der Waals surface area contributed by atoms with E-state index in [4.69, 9.17) is 4.55 Å². The van der Waals surface area contributed by atoms with Crippen molar-refractivity contribution < 1.29 is 31.1 Å². The monoisotopic (exact) mass is 196 g/mol. The van der Waals surface area contributed by atoms with E-state index < -0.39 is 22.4 Å². The van der Waals surface area contributed by atoms with Gasteiger partial charge in [0.2, 0.25) is 11.1 Å². The molecule has 0 heterocycles. The molecule has 11 heavy (non-hydrogen) atoms. The molecule has 0 spiro atoms. The van der Waals surface area contributed by atoms with Gasteiger partial charge in [-0.1, -0.05) is 0 Å². The first-order valence-corrected chi connectivity index (χ1v) is 3.28. The summed E-state index contributed by atoms with van der Waals surface area (Å²) in [5.74, 6) is 0. The number of methoxy groups -OCH3 is 1. The van der Waals surface area contributed by atoms with Crippen molar-refractivity contribution in [1.82, 2.24) is 0 Å². The molecular formula is C3H4F4O3S. The predicted octanol–water partition coefficient (Wildman–Crippen LogP) is 1.04. The fourth-order valence-electron chi connectivity index (χ4n) is 0.220. The maximum Gasteiger partial charge on any atom is 0.434 e. The molecule has 0 amide bonds. The summed E-state index contributed by atoms with van der Waals surface area (Å²) in [7, 11) is 0.306. The van der Waals surface area contributed by atoms with E-state index in [2.05, 4.69) is 4.74 Å². The molecule has 1 unspecified atom stereocenters. The molecule has 0 saturated heterocycles. The average Bonchev–Trinajstić information content (AvgIpc) is 1.87. The summed E-state index contributed by atoms with van der Waals surface area (Å²) in [5, 5.41) is -5.08. The lowest BCUT2D eigenvalue weighted by Crippen LogP contribution is -2.45. The van der Waals surface area contributed by atoms with Gasteiger partial charge in [0.1, 0.15) is 0 Å². The van der Waals surface area contributed by atoms with Crippen LogP contribution in [0.15, 0.2) is 0 Å². The van der Waals surface area contributed by atoms with Crippen molar-refractivity contribution in [1.29, 1.82) is 0 Å². The Morgan fingerprint density at radius 1 is 1.36 bits per heavy atom. The lowest BCUT2D eigenvalue weighted by molar-refractivity contribution is -0.305. The zero-order valence-corrected chi connectivity index (χ0v) is 6.00. The third-order valence-electron chi connectivity index (χ3n) is 0.815. The first-order valence-electron chi connectivity index (χ1n) is 2.17. The highest BCUT2D eigenvalue weighted by atomic mass is 32.2. The molecule has 68 valence electrons. The van der Waals surface area contributed by atoms with Crippen LogP contribution in [0.4, 0.5) is 17.6 Å². The van der Waals surface area contributed by atoms with Crippen LogP contribution in [0.5, 0.6) is 0 Å². The minimum atomic E-state index is -5.08. The molecule has 0 bridgehead atoms. The van der Waals surface area contributed by atoms with Crippen LogP contribution in [0, 0.1) is 0 Å². The molecule has 0 aliphatic rings. The second-order valence-electron chi connectivity index (χ2n) is 1.49. The average molecular weight is 196 g/mol. The number of ether oxygens (including phenoxy) is 1. The van der Waals surface area contributed by atoms with Crippen molar-refractivity contribution in [2.75, 3.05) is 7.11 Å². The lowest BCUT2D eigenvalue weighted by atomic mass is 10.6. The van der Waals surface area contributed by atoms with Crippen molar-refractivity contribution in [2.24, 2.45) is 0 Å². The van der Waals surface area contributed by atoms with Crippen molar-refractivity contribution in [2.45, 2.75) is 11.4 Å². The van der Waals surface area contributed by atoms with Gasteiger partial charge in [-0.2, -0.15) is 17.6 Å². The van der Waals surface area contributed by atoms with Crippen LogP contribution >= 0.6 is 0 Å². The molecule has 0 saturated carbocycles. The molecule has 0 aliphatic heterocycles. The zero-order chi connectivity index (χ0) is 9.28. The van der Waals surface area contributed by atoms with E-state index in [0.29, 0.717) is 7.11 Å².